The number of aryl methyl sites for hydroxylation is 1. The van der Waals surface area contributed by atoms with Crippen LogP contribution in [-0.4, -0.2) is 10.4 Å². The summed E-state index contributed by atoms with van der Waals surface area (Å²) < 4.78 is 2.23. The van der Waals surface area contributed by atoms with Crippen molar-refractivity contribution in [2.45, 2.75) is 58.4 Å². The topological polar surface area (TPSA) is 22.0 Å². The Balaban J connectivity index is 2.43. The van der Waals surface area contributed by atoms with Crippen LogP contribution in [0, 0.1) is 12.8 Å². The first kappa shape index (κ1) is 12.4. The molecule has 0 bridgehead atoms. The van der Waals surface area contributed by atoms with Gasteiger partial charge < -0.3 is 4.57 Å². The van der Waals surface area contributed by atoms with E-state index in [1.165, 1.54) is 25.0 Å². The average molecular weight is 233 g/mol. The predicted octanol–water partition coefficient (Wildman–Crippen LogP) is 3.68. The fraction of sp³-hybridized carbons (Fsp3) is 0.667. The Morgan fingerprint density at radius 2 is 1.94 bits per heavy atom. The van der Waals surface area contributed by atoms with Gasteiger partial charge in [-0.1, -0.05) is 33.1 Å². The van der Waals surface area contributed by atoms with E-state index in [1.807, 2.05) is 13.8 Å². The molecule has 0 amide bonds. The van der Waals surface area contributed by atoms with Crippen molar-refractivity contribution in [2.24, 2.45) is 5.92 Å². The van der Waals surface area contributed by atoms with E-state index in [2.05, 4.69) is 29.8 Å². The van der Waals surface area contributed by atoms with Gasteiger partial charge in [-0.15, -0.1) is 0 Å². The predicted molar refractivity (Wildman–Crippen MR) is 70.1 cm³/mol. The molecule has 94 valence electrons. The molecule has 2 rings (SSSR count). The van der Waals surface area contributed by atoms with Crippen LogP contribution in [0.3, 0.4) is 0 Å². The molecule has 0 unspecified atom stereocenters. The summed E-state index contributed by atoms with van der Waals surface area (Å²) in [6.45, 7) is 6.15. The monoisotopic (exact) mass is 233 g/mol. The molecule has 0 aromatic carbocycles. The van der Waals surface area contributed by atoms with Gasteiger partial charge in [-0.3, -0.25) is 4.79 Å². The van der Waals surface area contributed by atoms with E-state index in [4.69, 9.17) is 0 Å². The molecule has 1 aliphatic carbocycles. The summed E-state index contributed by atoms with van der Waals surface area (Å²) in [6, 6.07) is 4.16. The van der Waals surface area contributed by atoms with E-state index in [0.717, 1.165) is 12.8 Å². The van der Waals surface area contributed by atoms with Crippen molar-refractivity contribution in [1.29, 1.82) is 0 Å². The van der Waals surface area contributed by atoms with Crippen LogP contribution in [0.1, 0.15) is 51.6 Å². The maximum atomic E-state index is 12.6. The first-order chi connectivity index (χ1) is 8.08. The fourth-order valence-corrected chi connectivity index (χ4v) is 3.23. The molecular formula is C15H23NO. The van der Waals surface area contributed by atoms with E-state index in [0.29, 0.717) is 5.78 Å². The molecule has 1 aromatic rings. The minimum atomic E-state index is -0.250. The Labute approximate surface area is 104 Å². The highest BCUT2D eigenvalue weighted by Gasteiger charge is 2.41. The van der Waals surface area contributed by atoms with Crippen molar-refractivity contribution < 1.29 is 4.79 Å². The fourth-order valence-electron chi connectivity index (χ4n) is 3.23. The number of aromatic nitrogens is 1. The van der Waals surface area contributed by atoms with Gasteiger partial charge in [0.2, 0.25) is 0 Å². The summed E-state index contributed by atoms with van der Waals surface area (Å²) >= 11 is 0. The summed E-state index contributed by atoms with van der Waals surface area (Å²) in [6.07, 6.45) is 7.74. The van der Waals surface area contributed by atoms with E-state index in [9.17, 15) is 4.79 Å². The van der Waals surface area contributed by atoms with Gasteiger partial charge in [0.1, 0.15) is 5.54 Å². The number of Topliss-reactive ketones (excluding diaryl/α,β-unsaturated/α-hetero) is 1. The van der Waals surface area contributed by atoms with Crippen LogP contribution in [0.25, 0.3) is 0 Å². The van der Waals surface area contributed by atoms with E-state index in [-0.39, 0.29) is 11.5 Å². The Kier molecular flexibility index (Phi) is 3.41. The van der Waals surface area contributed by atoms with Gasteiger partial charge >= 0.3 is 0 Å². The summed E-state index contributed by atoms with van der Waals surface area (Å²) in [5, 5.41) is 0. The van der Waals surface area contributed by atoms with E-state index >= 15 is 0 Å². The Bertz CT molecular complexity index is 397. The lowest BCUT2D eigenvalue weighted by atomic mass is 9.75. The quantitative estimate of drug-likeness (QED) is 0.780. The lowest BCUT2D eigenvalue weighted by molar-refractivity contribution is -0.132. The molecule has 2 heteroatoms. The Hall–Kier alpha value is -1.05. The SMILES string of the molecule is Cc1cccn1C1(C(=O)C(C)C)CCCCC1. The van der Waals surface area contributed by atoms with Crippen LogP contribution >= 0.6 is 0 Å². The second kappa shape index (κ2) is 4.67. The zero-order valence-corrected chi connectivity index (χ0v) is 11.2. The zero-order chi connectivity index (χ0) is 12.5. The minimum Gasteiger partial charge on any atom is -0.339 e. The first-order valence-corrected chi connectivity index (χ1v) is 6.77. The highest BCUT2D eigenvalue weighted by molar-refractivity contribution is 5.88. The average Bonchev–Trinajstić information content (AvgIpc) is 2.76. The maximum Gasteiger partial charge on any atom is 0.161 e. The smallest absolute Gasteiger partial charge is 0.161 e. The summed E-state index contributed by atoms with van der Waals surface area (Å²) in [7, 11) is 0. The van der Waals surface area contributed by atoms with Crippen LogP contribution in [0.4, 0.5) is 0 Å². The van der Waals surface area contributed by atoms with Crippen LogP contribution in [0.2, 0.25) is 0 Å². The van der Waals surface area contributed by atoms with Crippen molar-refractivity contribution in [2.75, 3.05) is 0 Å². The van der Waals surface area contributed by atoms with E-state index in [1.54, 1.807) is 0 Å². The first-order valence-electron chi connectivity index (χ1n) is 6.77. The summed E-state index contributed by atoms with van der Waals surface area (Å²) in [5.41, 5.74) is 0.959. The second-order valence-corrected chi connectivity index (χ2v) is 5.63. The molecule has 17 heavy (non-hydrogen) atoms. The van der Waals surface area contributed by atoms with Gasteiger partial charge in [0.25, 0.3) is 0 Å². The second-order valence-electron chi connectivity index (χ2n) is 5.63. The number of hydrogen-bond acceptors (Lipinski definition) is 1. The van der Waals surface area contributed by atoms with Gasteiger partial charge in [-0.05, 0) is 31.9 Å². The highest BCUT2D eigenvalue weighted by Crippen LogP contribution is 2.38. The number of hydrogen-bond donors (Lipinski definition) is 0. The lowest BCUT2D eigenvalue weighted by Crippen LogP contribution is -2.46. The third-order valence-corrected chi connectivity index (χ3v) is 4.08. The molecular weight excluding hydrogens is 210 g/mol. The molecule has 0 spiro atoms. The van der Waals surface area contributed by atoms with E-state index < -0.39 is 0 Å². The maximum absolute atomic E-state index is 12.6. The van der Waals surface area contributed by atoms with Gasteiger partial charge in [0.05, 0.1) is 0 Å². The molecule has 1 heterocycles. The summed E-state index contributed by atoms with van der Waals surface area (Å²) in [4.78, 5) is 12.6. The van der Waals surface area contributed by atoms with Crippen molar-refractivity contribution in [1.82, 2.24) is 4.57 Å². The van der Waals surface area contributed by atoms with Crippen molar-refractivity contribution in [3.8, 4) is 0 Å². The standard InChI is InChI=1S/C15H23NO/c1-12(2)14(17)15(9-5-4-6-10-15)16-11-7-8-13(16)3/h7-8,11-12H,4-6,9-10H2,1-3H3. The van der Waals surface area contributed by atoms with Crippen LogP contribution in [0.5, 0.6) is 0 Å². The van der Waals surface area contributed by atoms with Crippen LogP contribution in [-0.2, 0) is 10.3 Å². The van der Waals surface area contributed by atoms with Crippen LogP contribution in [0.15, 0.2) is 18.3 Å². The number of nitrogens with zero attached hydrogens (tertiary/aromatic N) is 1. The Morgan fingerprint density at radius 3 is 2.41 bits per heavy atom. The van der Waals surface area contributed by atoms with Gasteiger partial charge in [0.15, 0.2) is 5.78 Å². The number of carbonyl (C=O) groups is 1. The molecule has 1 aliphatic rings. The van der Waals surface area contributed by atoms with Gasteiger partial charge in [-0.25, -0.2) is 0 Å². The number of ketones is 1. The number of rotatable bonds is 3. The third-order valence-electron chi connectivity index (χ3n) is 4.08. The minimum absolute atomic E-state index is 0.120. The molecule has 0 N–H and O–H groups in total. The summed E-state index contributed by atoms with van der Waals surface area (Å²) in [5.74, 6) is 0.534. The highest BCUT2D eigenvalue weighted by atomic mass is 16.1. The third kappa shape index (κ3) is 2.05. The molecule has 0 atom stereocenters. The van der Waals surface area contributed by atoms with Gasteiger partial charge in [-0.2, -0.15) is 0 Å². The number of carbonyl (C=O) groups excluding carboxylic acids is 1. The largest absolute Gasteiger partial charge is 0.339 e. The molecule has 0 saturated heterocycles. The van der Waals surface area contributed by atoms with Crippen molar-refractivity contribution in [3.05, 3.63) is 24.0 Å². The Morgan fingerprint density at radius 1 is 1.29 bits per heavy atom. The molecule has 1 fully saturated rings. The van der Waals surface area contributed by atoms with Crippen LogP contribution < -0.4 is 0 Å². The van der Waals surface area contributed by atoms with Crippen molar-refractivity contribution in [3.63, 3.8) is 0 Å². The van der Waals surface area contributed by atoms with Gasteiger partial charge in [0, 0.05) is 17.8 Å². The zero-order valence-electron chi connectivity index (χ0n) is 11.2. The molecule has 0 radical (unpaired) electrons. The molecule has 0 aliphatic heterocycles. The molecule has 2 nitrogen and oxygen atoms in total. The molecule has 1 saturated carbocycles. The lowest BCUT2D eigenvalue weighted by Gasteiger charge is -2.39. The normalized spacial score (nSPS) is 19.5. The molecule has 1 aromatic heterocycles. The van der Waals surface area contributed by atoms with Crippen molar-refractivity contribution >= 4 is 5.78 Å².